The second kappa shape index (κ2) is 9.66. The van der Waals surface area contributed by atoms with Gasteiger partial charge in [-0.3, -0.25) is 4.79 Å². The maximum Gasteiger partial charge on any atom is 0.150 e. The zero-order chi connectivity index (χ0) is 14.0. The molecule has 0 heterocycles. The van der Waals surface area contributed by atoms with Crippen LogP contribution in [-0.2, 0) is 0 Å². The van der Waals surface area contributed by atoms with Crippen molar-refractivity contribution in [3.63, 3.8) is 0 Å². The molecule has 1 N–H and O–H groups in total. The molecule has 0 atom stereocenters. The van der Waals surface area contributed by atoms with Gasteiger partial charge in [-0.2, -0.15) is 0 Å². The van der Waals surface area contributed by atoms with E-state index >= 15 is 0 Å². The molecule has 1 aromatic carbocycles. The van der Waals surface area contributed by atoms with Gasteiger partial charge < -0.3 is 10.1 Å². The Hall–Kier alpha value is -1.35. The van der Waals surface area contributed by atoms with Gasteiger partial charge in [0.25, 0.3) is 0 Å². The number of hydrogen-bond donors (Lipinski definition) is 1. The van der Waals surface area contributed by atoms with E-state index in [1.807, 2.05) is 40.0 Å². The number of aldehydes is 1. The predicted molar refractivity (Wildman–Crippen MR) is 76.5 cm³/mol. The smallest absolute Gasteiger partial charge is 0.150 e. The molecule has 102 valence electrons. The molecule has 0 aliphatic rings. The van der Waals surface area contributed by atoms with E-state index in [2.05, 4.69) is 12.2 Å². The fourth-order valence-electron chi connectivity index (χ4n) is 1.34. The fraction of sp³-hybridized carbons (Fsp3) is 0.533. The maximum atomic E-state index is 10.6. The number of carbonyl (C=O) groups is 1. The Morgan fingerprint density at radius 3 is 2.44 bits per heavy atom. The number of rotatable bonds is 5. The third-order valence-electron chi connectivity index (χ3n) is 2.25. The molecule has 3 nitrogen and oxygen atoms in total. The van der Waals surface area contributed by atoms with Crippen molar-refractivity contribution in [1.29, 1.82) is 0 Å². The van der Waals surface area contributed by atoms with Crippen LogP contribution in [0.3, 0.4) is 0 Å². The molecule has 1 aromatic rings. The Labute approximate surface area is 111 Å². The SMILES string of the molecule is CCCNC.Cc1ccc(OC(C)C)cc1C=O. The molecule has 0 radical (unpaired) electrons. The summed E-state index contributed by atoms with van der Waals surface area (Å²) in [5.74, 6) is 0.753. The van der Waals surface area contributed by atoms with Crippen molar-refractivity contribution in [3.8, 4) is 5.75 Å². The van der Waals surface area contributed by atoms with E-state index in [-0.39, 0.29) is 6.10 Å². The number of nitrogens with one attached hydrogen (secondary N) is 1. The van der Waals surface area contributed by atoms with E-state index in [4.69, 9.17) is 4.74 Å². The van der Waals surface area contributed by atoms with E-state index in [1.165, 1.54) is 6.42 Å². The lowest BCUT2D eigenvalue weighted by Gasteiger charge is -2.10. The Morgan fingerprint density at radius 1 is 1.39 bits per heavy atom. The molecule has 0 spiro atoms. The molecule has 3 heteroatoms. The Bertz CT molecular complexity index is 346. The molecule has 0 saturated carbocycles. The van der Waals surface area contributed by atoms with Crippen molar-refractivity contribution in [2.45, 2.75) is 40.2 Å². The summed E-state index contributed by atoms with van der Waals surface area (Å²) in [6.45, 7) is 9.11. The zero-order valence-electron chi connectivity index (χ0n) is 12.1. The van der Waals surface area contributed by atoms with Crippen LogP contribution in [0.1, 0.15) is 43.1 Å². The molecular formula is C15H25NO2. The van der Waals surface area contributed by atoms with Crippen molar-refractivity contribution >= 4 is 6.29 Å². The molecule has 0 bridgehead atoms. The molecule has 0 unspecified atom stereocenters. The summed E-state index contributed by atoms with van der Waals surface area (Å²) in [4.78, 5) is 10.6. The van der Waals surface area contributed by atoms with Gasteiger partial charge in [-0.15, -0.1) is 0 Å². The van der Waals surface area contributed by atoms with Gasteiger partial charge in [0.15, 0.2) is 0 Å². The van der Waals surface area contributed by atoms with Crippen LogP contribution in [0.4, 0.5) is 0 Å². The van der Waals surface area contributed by atoms with E-state index in [9.17, 15) is 4.79 Å². The van der Waals surface area contributed by atoms with Crippen LogP contribution in [0.25, 0.3) is 0 Å². The van der Waals surface area contributed by atoms with Gasteiger partial charge in [0.2, 0.25) is 0 Å². The van der Waals surface area contributed by atoms with E-state index in [1.54, 1.807) is 6.07 Å². The summed E-state index contributed by atoms with van der Waals surface area (Å²) in [6, 6.07) is 5.53. The number of carbonyl (C=O) groups excluding carboxylic acids is 1. The second-order valence-electron chi connectivity index (χ2n) is 4.41. The molecule has 0 saturated heterocycles. The highest BCUT2D eigenvalue weighted by atomic mass is 16.5. The maximum absolute atomic E-state index is 10.6. The summed E-state index contributed by atoms with van der Waals surface area (Å²) in [6.07, 6.45) is 2.22. The predicted octanol–water partition coefficient (Wildman–Crippen LogP) is 3.21. The van der Waals surface area contributed by atoms with E-state index in [0.717, 1.165) is 24.1 Å². The normalized spacial score (nSPS) is 9.67. The number of ether oxygens (including phenoxy) is 1. The monoisotopic (exact) mass is 251 g/mol. The highest BCUT2D eigenvalue weighted by Crippen LogP contribution is 2.16. The fourth-order valence-corrected chi connectivity index (χ4v) is 1.34. The largest absolute Gasteiger partial charge is 0.491 e. The minimum atomic E-state index is 0.141. The van der Waals surface area contributed by atoms with E-state index in [0.29, 0.717) is 5.56 Å². The first-order chi connectivity index (χ1) is 8.54. The first kappa shape index (κ1) is 16.6. The highest BCUT2D eigenvalue weighted by molar-refractivity contribution is 5.77. The first-order valence-corrected chi connectivity index (χ1v) is 6.42. The quantitative estimate of drug-likeness (QED) is 0.817. The molecule has 0 amide bonds. The molecule has 0 fully saturated rings. The molecule has 0 aromatic heterocycles. The summed E-state index contributed by atoms with van der Waals surface area (Å²) >= 11 is 0. The van der Waals surface area contributed by atoms with Gasteiger partial charge in [-0.25, -0.2) is 0 Å². The molecule has 18 heavy (non-hydrogen) atoms. The van der Waals surface area contributed by atoms with Crippen LogP contribution in [0, 0.1) is 6.92 Å². The summed E-state index contributed by atoms with van der Waals surface area (Å²) in [5.41, 5.74) is 1.67. The van der Waals surface area contributed by atoms with Crippen molar-refractivity contribution in [3.05, 3.63) is 29.3 Å². The lowest BCUT2D eigenvalue weighted by atomic mass is 10.1. The average molecular weight is 251 g/mol. The Kier molecular flexibility index (Phi) is 8.93. The Morgan fingerprint density at radius 2 is 2.06 bits per heavy atom. The Balaban J connectivity index is 0.000000494. The minimum absolute atomic E-state index is 0.141. The summed E-state index contributed by atoms with van der Waals surface area (Å²) in [5, 5.41) is 3.02. The van der Waals surface area contributed by atoms with Crippen LogP contribution in [0.2, 0.25) is 0 Å². The average Bonchev–Trinajstić information content (AvgIpc) is 2.33. The van der Waals surface area contributed by atoms with Crippen LogP contribution in [-0.4, -0.2) is 26.0 Å². The van der Waals surface area contributed by atoms with Crippen LogP contribution in [0.5, 0.6) is 5.75 Å². The number of aryl methyl sites for hydroxylation is 1. The molecule has 0 aliphatic heterocycles. The van der Waals surface area contributed by atoms with Crippen molar-refractivity contribution < 1.29 is 9.53 Å². The topological polar surface area (TPSA) is 38.3 Å². The second-order valence-corrected chi connectivity index (χ2v) is 4.41. The highest BCUT2D eigenvalue weighted by Gasteiger charge is 2.01. The van der Waals surface area contributed by atoms with Gasteiger partial charge in [0.1, 0.15) is 12.0 Å². The molecular weight excluding hydrogens is 226 g/mol. The van der Waals surface area contributed by atoms with Crippen molar-refractivity contribution in [2.24, 2.45) is 0 Å². The summed E-state index contributed by atoms with van der Waals surface area (Å²) in [7, 11) is 1.96. The van der Waals surface area contributed by atoms with Gasteiger partial charge in [-0.1, -0.05) is 13.0 Å². The van der Waals surface area contributed by atoms with Crippen molar-refractivity contribution in [2.75, 3.05) is 13.6 Å². The molecule has 0 aliphatic carbocycles. The van der Waals surface area contributed by atoms with Crippen LogP contribution in [0.15, 0.2) is 18.2 Å². The standard InChI is InChI=1S/C11H14O2.C4H11N/c1-8(2)13-11-5-4-9(3)10(6-11)7-12;1-3-4-5-2/h4-8H,1-3H3;5H,3-4H2,1-2H3. The number of benzene rings is 1. The molecule has 1 rings (SSSR count). The third-order valence-corrected chi connectivity index (χ3v) is 2.25. The van der Waals surface area contributed by atoms with Gasteiger partial charge >= 0.3 is 0 Å². The zero-order valence-corrected chi connectivity index (χ0v) is 12.1. The van der Waals surface area contributed by atoms with Gasteiger partial charge in [0, 0.05) is 5.56 Å². The first-order valence-electron chi connectivity index (χ1n) is 6.42. The van der Waals surface area contributed by atoms with E-state index < -0.39 is 0 Å². The van der Waals surface area contributed by atoms with Crippen LogP contribution < -0.4 is 10.1 Å². The number of hydrogen-bond acceptors (Lipinski definition) is 3. The van der Waals surface area contributed by atoms with Crippen molar-refractivity contribution in [1.82, 2.24) is 5.32 Å². The third kappa shape index (κ3) is 7.07. The van der Waals surface area contributed by atoms with Crippen LogP contribution >= 0.6 is 0 Å². The summed E-state index contributed by atoms with van der Waals surface area (Å²) < 4.78 is 5.45. The van der Waals surface area contributed by atoms with Gasteiger partial charge in [-0.05, 0) is 58.5 Å². The minimum Gasteiger partial charge on any atom is -0.491 e. The lowest BCUT2D eigenvalue weighted by Crippen LogP contribution is -2.05. The van der Waals surface area contributed by atoms with Gasteiger partial charge in [0.05, 0.1) is 6.10 Å². The lowest BCUT2D eigenvalue weighted by molar-refractivity contribution is 0.112.